The van der Waals surface area contributed by atoms with Crippen LogP contribution in [0.4, 0.5) is 0 Å². The predicted octanol–water partition coefficient (Wildman–Crippen LogP) is 0.614. The topological polar surface area (TPSA) is 38.1 Å². The number of halogens is 2. The van der Waals surface area contributed by atoms with Crippen molar-refractivity contribution >= 4 is 37.6 Å². The minimum Gasteiger partial charge on any atom is -0.623 e. The molecule has 1 aliphatic rings. The molecular formula is C4H6Br2N2O. The molecule has 0 fully saturated rings. The van der Waals surface area contributed by atoms with Crippen molar-refractivity contribution in [3.8, 4) is 0 Å². The lowest BCUT2D eigenvalue weighted by Crippen LogP contribution is -2.18. The monoisotopic (exact) mass is 256 g/mol. The summed E-state index contributed by atoms with van der Waals surface area (Å²) in [6.45, 7) is 1.08. The molecule has 0 unspecified atom stereocenters. The molecule has 0 amide bonds. The SMILES string of the molecule is [O-][N+]1=C(C(Br)Br)CNC1. The summed E-state index contributed by atoms with van der Waals surface area (Å²) in [5.41, 5.74) is 0.801. The molecule has 3 nitrogen and oxygen atoms in total. The van der Waals surface area contributed by atoms with Crippen molar-refractivity contribution in [2.24, 2.45) is 0 Å². The van der Waals surface area contributed by atoms with E-state index in [1.807, 2.05) is 0 Å². The van der Waals surface area contributed by atoms with E-state index in [2.05, 4.69) is 37.2 Å². The Bertz CT molecular complexity index is 146. The van der Waals surface area contributed by atoms with Gasteiger partial charge in [-0.1, -0.05) is 31.9 Å². The number of nitrogens with zero attached hydrogens (tertiary/aromatic N) is 1. The minimum atomic E-state index is 0.0116. The molecule has 1 rings (SSSR count). The molecule has 0 saturated heterocycles. The first kappa shape index (κ1) is 7.50. The van der Waals surface area contributed by atoms with Gasteiger partial charge in [0.15, 0.2) is 3.74 Å². The second-order valence-electron chi connectivity index (χ2n) is 1.76. The Labute approximate surface area is 70.0 Å². The number of hydroxylamine groups is 1. The first-order valence-corrected chi connectivity index (χ1v) is 4.34. The highest BCUT2D eigenvalue weighted by atomic mass is 79.9. The van der Waals surface area contributed by atoms with Crippen LogP contribution in [0.25, 0.3) is 0 Å². The minimum absolute atomic E-state index is 0.0116. The highest BCUT2D eigenvalue weighted by molar-refractivity contribution is 9.25. The van der Waals surface area contributed by atoms with Gasteiger partial charge >= 0.3 is 0 Å². The van der Waals surface area contributed by atoms with Crippen LogP contribution >= 0.6 is 31.9 Å². The average molecular weight is 258 g/mol. The third kappa shape index (κ3) is 1.65. The van der Waals surface area contributed by atoms with Gasteiger partial charge < -0.3 is 5.21 Å². The molecule has 0 bridgehead atoms. The third-order valence-electron chi connectivity index (χ3n) is 1.13. The summed E-state index contributed by atoms with van der Waals surface area (Å²) in [7, 11) is 0. The predicted molar refractivity (Wildman–Crippen MR) is 43.1 cm³/mol. The van der Waals surface area contributed by atoms with Gasteiger partial charge in [0, 0.05) is 0 Å². The molecule has 0 aliphatic carbocycles. The van der Waals surface area contributed by atoms with Crippen LogP contribution in [0.5, 0.6) is 0 Å². The molecule has 0 atom stereocenters. The number of alkyl halides is 2. The van der Waals surface area contributed by atoms with E-state index in [1.165, 1.54) is 0 Å². The van der Waals surface area contributed by atoms with Gasteiger partial charge in [-0.2, -0.15) is 4.74 Å². The van der Waals surface area contributed by atoms with Gasteiger partial charge in [0.05, 0.1) is 6.54 Å². The lowest BCUT2D eigenvalue weighted by atomic mass is 10.4. The fraction of sp³-hybridized carbons (Fsp3) is 0.750. The summed E-state index contributed by atoms with van der Waals surface area (Å²) in [5, 5.41) is 13.7. The van der Waals surface area contributed by atoms with Crippen LogP contribution in [0.3, 0.4) is 0 Å². The van der Waals surface area contributed by atoms with Crippen molar-refractivity contribution in [2.75, 3.05) is 13.2 Å². The molecule has 5 heteroatoms. The van der Waals surface area contributed by atoms with Gasteiger partial charge in [0.2, 0.25) is 12.4 Å². The standard InChI is InChI=1S/C4H6Br2N2O/c5-4(6)3-1-7-2-8(3)9/h4,7H,1-2H2. The lowest BCUT2D eigenvalue weighted by Gasteiger charge is -1.99. The third-order valence-corrected chi connectivity index (χ3v) is 2.19. The normalized spacial score (nSPS) is 19.9. The molecule has 9 heavy (non-hydrogen) atoms. The van der Waals surface area contributed by atoms with Crippen molar-refractivity contribution in [2.45, 2.75) is 3.74 Å². The summed E-state index contributed by atoms with van der Waals surface area (Å²) in [4.78, 5) is 0. The van der Waals surface area contributed by atoms with Crippen LogP contribution in [-0.4, -0.2) is 27.4 Å². The molecule has 0 aromatic carbocycles. The van der Waals surface area contributed by atoms with Crippen molar-refractivity contribution in [3.63, 3.8) is 0 Å². The second-order valence-corrected chi connectivity index (χ2v) is 4.82. The Balaban J connectivity index is 2.66. The van der Waals surface area contributed by atoms with Gasteiger partial charge in [0.1, 0.15) is 0 Å². The van der Waals surface area contributed by atoms with Crippen LogP contribution < -0.4 is 5.32 Å². The first-order valence-electron chi connectivity index (χ1n) is 2.51. The summed E-state index contributed by atoms with van der Waals surface area (Å²) >= 11 is 6.48. The molecule has 0 radical (unpaired) electrons. The van der Waals surface area contributed by atoms with Crippen molar-refractivity contribution < 1.29 is 4.74 Å². The van der Waals surface area contributed by atoms with Crippen LogP contribution in [0.15, 0.2) is 0 Å². The zero-order valence-corrected chi connectivity index (χ0v) is 7.77. The molecule has 1 heterocycles. The first-order chi connectivity index (χ1) is 4.22. The maximum absolute atomic E-state index is 10.8. The van der Waals surface area contributed by atoms with Crippen molar-refractivity contribution in [1.82, 2.24) is 5.32 Å². The van der Waals surface area contributed by atoms with Crippen LogP contribution in [-0.2, 0) is 0 Å². The van der Waals surface area contributed by atoms with E-state index >= 15 is 0 Å². The molecule has 0 saturated carbocycles. The Kier molecular flexibility index (Phi) is 2.49. The molecule has 0 spiro atoms. The van der Waals surface area contributed by atoms with Crippen LogP contribution in [0.1, 0.15) is 0 Å². The van der Waals surface area contributed by atoms with Crippen molar-refractivity contribution in [3.05, 3.63) is 5.21 Å². The maximum Gasteiger partial charge on any atom is 0.207 e. The van der Waals surface area contributed by atoms with Gasteiger partial charge in [-0.25, -0.2) is 0 Å². The van der Waals surface area contributed by atoms with Gasteiger partial charge in [-0.05, 0) is 0 Å². The lowest BCUT2D eigenvalue weighted by molar-refractivity contribution is -0.452. The van der Waals surface area contributed by atoms with E-state index in [0.29, 0.717) is 13.2 Å². The molecule has 52 valence electrons. The van der Waals surface area contributed by atoms with Crippen molar-refractivity contribution in [1.29, 1.82) is 0 Å². The molecule has 0 aromatic rings. The summed E-state index contributed by atoms with van der Waals surface area (Å²) < 4.78 is 0.950. The smallest absolute Gasteiger partial charge is 0.207 e. The highest BCUT2D eigenvalue weighted by Gasteiger charge is 2.21. The zero-order chi connectivity index (χ0) is 6.85. The molecule has 1 N–H and O–H groups in total. The van der Waals surface area contributed by atoms with Crippen LogP contribution in [0, 0.1) is 5.21 Å². The van der Waals surface area contributed by atoms with E-state index in [0.717, 1.165) is 10.5 Å². The van der Waals surface area contributed by atoms with Gasteiger partial charge in [0.25, 0.3) is 0 Å². The average Bonchev–Trinajstić information content (AvgIpc) is 2.13. The number of hydrogen-bond acceptors (Lipinski definition) is 2. The largest absolute Gasteiger partial charge is 0.623 e. The van der Waals surface area contributed by atoms with E-state index in [9.17, 15) is 5.21 Å². The Morgan fingerprint density at radius 3 is 2.56 bits per heavy atom. The van der Waals surface area contributed by atoms with E-state index < -0.39 is 0 Å². The Morgan fingerprint density at radius 1 is 1.67 bits per heavy atom. The summed E-state index contributed by atoms with van der Waals surface area (Å²) in [6, 6.07) is 0. The van der Waals surface area contributed by atoms with E-state index in [1.54, 1.807) is 0 Å². The fourth-order valence-corrected chi connectivity index (χ4v) is 1.44. The van der Waals surface area contributed by atoms with E-state index in [4.69, 9.17) is 0 Å². The van der Waals surface area contributed by atoms with Gasteiger partial charge in [-0.15, -0.1) is 0 Å². The Morgan fingerprint density at radius 2 is 2.33 bits per heavy atom. The van der Waals surface area contributed by atoms with Crippen LogP contribution in [0.2, 0.25) is 0 Å². The fourth-order valence-electron chi connectivity index (χ4n) is 0.661. The molecule has 0 aromatic heterocycles. The quantitative estimate of drug-likeness (QED) is 0.425. The summed E-state index contributed by atoms with van der Waals surface area (Å²) in [5.74, 6) is 0. The second kappa shape index (κ2) is 2.98. The van der Waals surface area contributed by atoms with Gasteiger partial charge in [-0.3, -0.25) is 5.32 Å². The number of nitrogens with one attached hydrogen (secondary N) is 1. The molecule has 1 aliphatic heterocycles. The summed E-state index contributed by atoms with van der Waals surface area (Å²) in [6.07, 6.45) is 0. The number of hydrogen-bond donors (Lipinski definition) is 1. The maximum atomic E-state index is 10.8. The zero-order valence-electron chi connectivity index (χ0n) is 4.60. The van der Waals surface area contributed by atoms with E-state index in [-0.39, 0.29) is 3.74 Å². The molecular weight excluding hydrogens is 252 g/mol. The Hall–Kier alpha value is 0.390. The number of rotatable bonds is 1. The highest BCUT2D eigenvalue weighted by Crippen LogP contribution is 2.11.